The van der Waals surface area contributed by atoms with Gasteiger partial charge in [-0.15, -0.1) is 0 Å². The lowest BCUT2D eigenvalue weighted by atomic mass is 10.3. The van der Waals surface area contributed by atoms with Gasteiger partial charge in [0.1, 0.15) is 17.1 Å². The van der Waals surface area contributed by atoms with Crippen molar-refractivity contribution in [2.45, 2.75) is 0 Å². The number of nitrogens with zero attached hydrogens (tertiary/aromatic N) is 1. The van der Waals surface area contributed by atoms with Crippen LogP contribution < -0.4 is 4.74 Å². The van der Waals surface area contributed by atoms with Gasteiger partial charge in [0.25, 0.3) is 0 Å². The molecule has 0 unspecified atom stereocenters. The number of aromatic carboxylic acids is 1. The first-order valence-corrected chi connectivity index (χ1v) is 5.68. The average Bonchev–Trinajstić information content (AvgIpc) is 2.34. The van der Waals surface area contributed by atoms with Gasteiger partial charge in [-0.05, 0) is 46.3 Å². The quantitative estimate of drug-likeness (QED) is 0.943. The molecule has 0 fully saturated rings. The summed E-state index contributed by atoms with van der Waals surface area (Å²) >= 11 is 3.02. The summed E-state index contributed by atoms with van der Waals surface area (Å²) in [5.41, 5.74) is -0.0575. The molecule has 2 rings (SSSR count). The summed E-state index contributed by atoms with van der Waals surface area (Å²) in [4.78, 5) is 14.8. The van der Waals surface area contributed by atoms with E-state index in [2.05, 4.69) is 20.9 Å². The van der Waals surface area contributed by atoms with E-state index >= 15 is 0 Å². The third-order valence-corrected chi connectivity index (χ3v) is 2.71. The van der Waals surface area contributed by atoms with Crippen molar-refractivity contribution in [3.8, 4) is 11.6 Å². The number of halogens is 2. The molecule has 92 valence electrons. The molecule has 0 aliphatic heterocycles. The van der Waals surface area contributed by atoms with Crippen LogP contribution in [0.15, 0.2) is 41.0 Å². The molecule has 0 saturated carbocycles. The van der Waals surface area contributed by atoms with E-state index in [4.69, 9.17) is 9.84 Å². The Morgan fingerprint density at radius 2 is 2.17 bits per heavy atom. The summed E-state index contributed by atoms with van der Waals surface area (Å²) < 4.78 is 18.6. The van der Waals surface area contributed by atoms with Gasteiger partial charge in [-0.1, -0.05) is 0 Å². The zero-order chi connectivity index (χ0) is 13.1. The highest BCUT2D eigenvalue weighted by Crippen LogP contribution is 2.27. The number of hydrogen-bond donors (Lipinski definition) is 1. The minimum Gasteiger partial charge on any atom is -0.477 e. The highest BCUT2D eigenvalue weighted by atomic mass is 79.9. The lowest BCUT2D eigenvalue weighted by Gasteiger charge is -2.07. The molecule has 1 heterocycles. The summed E-state index contributed by atoms with van der Waals surface area (Å²) in [7, 11) is 0. The molecule has 2 aromatic rings. The molecule has 0 atom stereocenters. The highest BCUT2D eigenvalue weighted by Gasteiger charge is 2.13. The molecule has 0 aliphatic rings. The van der Waals surface area contributed by atoms with E-state index in [1.165, 1.54) is 36.5 Å². The van der Waals surface area contributed by atoms with Gasteiger partial charge in [0.2, 0.25) is 5.88 Å². The molecule has 18 heavy (non-hydrogen) atoms. The number of aromatic nitrogens is 1. The van der Waals surface area contributed by atoms with E-state index in [0.29, 0.717) is 5.75 Å². The summed E-state index contributed by atoms with van der Waals surface area (Å²) in [6.07, 6.45) is 1.42. The van der Waals surface area contributed by atoms with Gasteiger partial charge in [-0.3, -0.25) is 0 Å². The SMILES string of the molecule is O=C(O)c1cccnc1Oc1ccc(F)c(Br)c1. The van der Waals surface area contributed by atoms with E-state index in [1.807, 2.05) is 0 Å². The van der Waals surface area contributed by atoms with E-state index in [-0.39, 0.29) is 15.9 Å². The van der Waals surface area contributed by atoms with Crippen molar-refractivity contribution in [2.24, 2.45) is 0 Å². The van der Waals surface area contributed by atoms with Crippen LogP contribution in [0, 0.1) is 5.82 Å². The molecule has 4 nitrogen and oxygen atoms in total. The highest BCUT2D eigenvalue weighted by molar-refractivity contribution is 9.10. The fourth-order valence-electron chi connectivity index (χ4n) is 1.29. The van der Waals surface area contributed by atoms with E-state index in [0.717, 1.165) is 0 Å². The van der Waals surface area contributed by atoms with Crippen LogP contribution in [-0.4, -0.2) is 16.1 Å². The number of carboxylic acid groups (broad SMARTS) is 1. The first-order chi connectivity index (χ1) is 8.58. The van der Waals surface area contributed by atoms with E-state index in [1.54, 1.807) is 0 Å². The van der Waals surface area contributed by atoms with Gasteiger partial charge in [0.05, 0.1) is 4.47 Å². The third kappa shape index (κ3) is 2.65. The smallest absolute Gasteiger partial charge is 0.341 e. The standard InChI is InChI=1S/C12H7BrFNO3/c13-9-6-7(3-4-10(9)14)18-11-8(12(16)17)2-1-5-15-11/h1-6H,(H,16,17). The predicted octanol–water partition coefficient (Wildman–Crippen LogP) is 3.47. The minimum atomic E-state index is -1.14. The van der Waals surface area contributed by atoms with Crippen molar-refractivity contribution in [2.75, 3.05) is 0 Å². The third-order valence-electron chi connectivity index (χ3n) is 2.11. The number of ether oxygens (including phenoxy) is 1. The molecule has 0 bridgehead atoms. The van der Waals surface area contributed by atoms with Gasteiger partial charge < -0.3 is 9.84 Å². The number of carboxylic acids is 1. The molecule has 1 N–H and O–H groups in total. The summed E-state index contributed by atoms with van der Waals surface area (Å²) in [5.74, 6) is -1.31. The van der Waals surface area contributed by atoms with E-state index < -0.39 is 11.8 Å². The lowest BCUT2D eigenvalue weighted by Crippen LogP contribution is -2.01. The Morgan fingerprint density at radius 1 is 1.39 bits per heavy atom. The van der Waals surface area contributed by atoms with Crippen LogP contribution in [0.1, 0.15) is 10.4 Å². The second kappa shape index (κ2) is 5.14. The molecule has 0 amide bonds. The first kappa shape index (κ1) is 12.5. The maximum Gasteiger partial charge on any atom is 0.341 e. The van der Waals surface area contributed by atoms with Crippen LogP contribution in [0.4, 0.5) is 4.39 Å². The van der Waals surface area contributed by atoms with Crippen LogP contribution in [0.3, 0.4) is 0 Å². The van der Waals surface area contributed by atoms with Crippen LogP contribution in [0.5, 0.6) is 11.6 Å². The second-order valence-corrected chi connectivity index (χ2v) is 4.19. The van der Waals surface area contributed by atoms with Gasteiger partial charge in [-0.2, -0.15) is 0 Å². The van der Waals surface area contributed by atoms with Gasteiger partial charge in [-0.25, -0.2) is 14.2 Å². The number of benzene rings is 1. The molecule has 0 radical (unpaired) electrons. The lowest BCUT2D eigenvalue weighted by molar-refractivity contribution is 0.0693. The predicted molar refractivity (Wildman–Crippen MR) is 65.4 cm³/mol. The van der Waals surface area contributed by atoms with Crippen molar-refractivity contribution < 1.29 is 19.0 Å². The number of pyridine rings is 1. The summed E-state index contributed by atoms with van der Waals surface area (Å²) in [6.45, 7) is 0. The van der Waals surface area contributed by atoms with E-state index in [9.17, 15) is 9.18 Å². The number of carbonyl (C=O) groups is 1. The first-order valence-electron chi connectivity index (χ1n) is 4.89. The Morgan fingerprint density at radius 3 is 2.83 bits per heavy atom. The van der Waals surface area contributed by atoms with Crippen LogP contribution in [0.2, 0.25) is 0 Å². The fraction of sp³-hybridized carbons (Fsp3) is 0. The average molecular weight is 312 g/mol. The fourth-order valence-corrected chi connectivity index (χ4v) is 1.64. The molecule has 1 aromatic carbocycles. The zero-order valence-electron chi connectivity index (χ0n) is 8.93. The molecular formula is C12H7BrFNO3. The van der Waals surface area contributed by atoms with Crippen LogP contribution in [-0.2, 0) is 0 Å². The van der Waals surface area contributed by atoms with Crippen molar-refractivity contribution in [3.05, 3.63) is 52.4 Å². The molecule has 6 heteroatoms. The Hall–Kier alpha value is -1.95. The molecular weight excluding hydrogens is 305 g/mol. The molecule has 0 aliphatic carbocycles. The summed E-state index contributed by atoms with van der Waals surface area (Å²) in [6, 6.07) is 6.87. The van der Waals surface area contributed by atoms with Gasteiger partial charge >= 0.3 is 5.97 Å². The minimum absolute atomic E-state index is 0.0384. The Labute approximate surface area is 110 Å². The largest absolute Gasteiger partial charge is 0.477 e. The molecule has 1 aromatic heterocycles. The second-order valence-electron chi connectivity index (χ2n) is 3.34. The Balaban J connectivity index is 2.34. The van der Waals surface area contributed by atoms with Gasteiger partial charge in [0.15, 0.2) is 0 Å². The number of rotatable bonds is 3. The normalized spacial score (nSPS) is 10.1. The Bertz CT molecular complexity index is 604. The Kier molecular flexibility index (Phi) is 3.57. The summed E-state index contributed by atoms with van der Waals surface area (Å²) in [5, 5.41) is 8.95. The maximum absolute atomic E-state index is 13.0. The monoisotopic (exact) mass is 311 g/mol. The maximum atomic E-state index is 13.0. The van der Waals surface area contributed by atoms with Crippen molar-refractivity contribution >= 4 is 21.9 Å². The van der Waals surface area contributed by atoms with Crippen LogP contribution >= 0.6 is 15.9 Å². The van der Waals surface area contributed by atoms with Crippen molar-refractivity contribution in [1.29, 1.82) is 0 Å². The van der Waals surface area contributed by atoms with Gasteiger partial charge in [0, 0.05) is 6.20 Å². The topological polar surface area (TPSA) is 59.4 Å². The van der Waals surface area contributed by atoms with Crippen LogP contribution in [0.25, 0.3) is 0 Å². The number of hydrogen-bond acceptors (Lipinski definition) is 3. The van der Waals surface area contributed by atoms with Crippen molar-refractivity contribution in [3.63, 3.8) is 0 Å². The van der Waals surface area contributed by atoms with Crippen molar-refractivity contribution in [1.82, 2.24) is 4.98 Å². The molecule has 0 spiro atoms. The zero-order valence-corrected chi connectivity index (χ0v) is 10.5. The molecule has 0 saturated heterocycles.